The SMILES string of the molecule is CCN1C=C/C(=C\C=c2\s/c(=C\c3sc(-c4ccccc4)c(-c4ccccc4)[n+]3CC)n(CC)c2=O)c2ccccc21. The predicted molar refractivity (Wildman–Crippen MR) is 179 cm³/mol. The lowest BCUT2D eigenvalue weighted by Crippen LogP contribution is -2.36. The van der Waals surface area contributed by atoms with Gasteiger partial charge in [0.25, 0.3) is 10.6 Å². The molecular weight excluding hydrogens is 555 g/mol. The fraction of sp³-hybridized carbons (Fsp3) is 0.167. The van der Waals surface area contributed by atoms with Crippen molar-refractivity contribution in [2.45, 2.75) is 33.9 Å². The van der Waals surface area contributed by atoms with Gasteiger partial charge in [-0.3, -0.25) is 9.36 Å². The van der Waals surface area contributed by atoms with Gasteiger partial charge in [0.2, 0.25) is 5.69 Å². The third kappa shape index (κ3) is 5.24. The van der Waals surface area contributed by atoms with E-state index in [0.717, 1.165) is 32.9 Å². The van der Waals surface area contributed by atoms with Gasteiger partial charge in [-0.25, -0.2) is 0 Å². The van der Waals surface area contributed by atoms with E-state index in [1.54, 1.807) is 22.7 Å². The molecule has 0 aliphatic carbocycles. The quantitative estimate of drug-likeness (QED) is 0.199. The van der Waals surface area contributed by atoms with Crippen molar-refractivity contribution in [1.29, 1.82) is 0 Å². The van der Waals surface area contributed by atoms with Crippen molar-refractivity contribution in [3.63, 3.8) is 0 Å². The van der Waals surface area contributed by atoms with Gasteiger partial charge in [0.1, 0.15) is 16.1 Å². The number of fused-ring (bicyclic) bond motifs is 1. The minimum Gasteiger partial charge on any atom is -0.348 e. The molecule has 0 amide bonds. The van der Waals surface area contributed by atoms with Crippen LogP contribution in [0.5, 0.6) is 0 Å². The number of anilines is 1. The van der Waals surface area contributed by atoms with Crippen LogP contribution < -0.4 is 24.2 Å². The molecular formula is C36H34N3OS2+. The van der Waals surface area contributed by atoms with Crippen molar-refractivity contribution in [3.05, 3.63) is 133 Å². The number of thiazole rings is 2. The first-order valence-corrected chi connectivity index (χ1v) is 16.1. The second-order valence-electron chi connectivity index (χ2n) is 10.0. The minimum atomic E-state index is 0.0556. The molecule has 0 radical (unpaired) electrons. The van der Waals surface area contributed by atoms with Crippen LogP contribution in [0.3, 0.4) is 0 Å². The number of rotatable bonds is 7. The number of para-hydroxylation sites is 1. The van der Waals surface area contributed by atoms with Crippen molar-refractivity contribution in [3.8, 4) is 21.7 Å². The monoisotopic (exact) mass is 588 g/mol. The minimum absolute atomic E-state index is 0.0556. The summed E-state index contributed by atoms with van der Waals surface area (Å²) in [5.74, 6) is 0. The molecule has 0 fully saturated rings. The van der Waals surface area contributed by atoms with Gasteiger partial charge in [0, 0.05) is 36.1 Å². The average molecular weight is 589 g/mol. The van der Waals surface area contributed by atoms with E-state index in [1.807, 2.05) is 17.6 Å². The average Bonchev–Trinajstić information content (AvgIpc) is 3.56. The van der Waals surface area contributed by atoms with Crippen molar-refractivity contribution >= 4 is 46.1 Å². The molecule has 5 aromatic rings. The molecule has 1 aliphatic heterocycles. The molecule has 3 aromatic carbocycles. The van der Waals surface area contributed by atoms with Crippen LogP contribution >= 0.6 is 22.7 Å². The first-order chi connectivity index (χ1) is 20.6. The molecule has 1 aliphatic rings. The lowest BCUT2D eigenvalue weighted by atomic mass is 9.99. The van der Waals surface area contributed by atoms with Crippen molar-refractivity contribution in [2.24, 2.45) is 0 Å². The summed E-state index contributed by atoms with van der Waals surface area (Å²) in [5, 5.41) is 1.13. The summed E-state index contributed by atoms with van der Waals surface area (Å²) in [6, 6.07) is 29.6. The zero-order valence-corrected chi connectivity index (χ0v) is 25.8. The Morgan fingerprint density at radius 1 is 0.786 bits per heavy atom. The van der Waals surface area contributed by atoms with Gasteiger partial charge < -0.3 is 4.90 Å². The zero-order chi connectivity index (χ0) is 29.1. The van der Waals surface area contributed by atoms with Gasteiger partial charge in [0.15, 0.2) is 0 Å². The number of aromatic nitrogens is 2. The van der Waals surface area contributed by atoms with E-state index < -0.39 is 0 Å². The highest BCUT2D eigenvalue weighted by molar-refractivity contribution is 7.16. The Kier molecular flexibility index (Phi) is 8.17. The highest BCUT2D eigenvalue weighted by Gasteiger charge is 2.27. The van der Waals surface area contributed by atoms with E-state index in [9.17, 15) is 4.79 Å². The third-order valence-electron chi connectivity index (χ3n) is 7.57. The fourth-order valence-corrected chi connectivity index (χ4v) is 7.90. The standard InChI is InChI=1S/C36H34N3OS2/c1-4-37-24-23-26(29-19-13-14-20-30(29)37)21-22-31-36(40)39(6-3)33(41-31)25-32-38(5-2)34(27-15-9-7-10-16-27)35(42-32)28-17-11-8-12-18-28/h7-25H,4-6H2,1-3H3/q+1/b26-21+,31-22+. The number of benzene rings is 3. The van der Waals surface area contributed by atoms with Gasteiger partial charge >= 0.3 is 0 Å². The third-order valence-corrected chi connectivity index (χ3v) is 9.83. The van der Waals surface area contributed by atoms with Gasteiger partial charge in [-0.1, -0.05) is 84.1 Å². The van der Waals surface area contributed by atoms with E-state index in [4.69, 9.17) is 0 Å². The molecule has 6 heteroatoms. The molecule has 2 aromatic heterocycles. The summed E-state index contributed by atoms with van der Waals surface area (Å²) < 4.78 is 5.97. The normalized spacial score (nSPS) is 14.6. The molecule has 210 valence electrons. The Hall–Kier alpha value is -4.26. The Balaban J connectivity index is 1.50. The van der Waals surface area contributed by atoms with E-state index in [2.05, 4.69) is 133 Å². The molecule has 0 atom stereocenters. The molecule has 3 heterocycles. The maximum Gasteiger partial charge on any atom is 0.269 e. The van der Waals surface area contributed by atoms with Crippen LogP contribution in [0.25, 0.3) is 39.4 Å². The highest BCUT2D eigenvalue weighted by Crippen LogP contribution is 2.36. The summed E-state index contributed by atoms with van der Waals surface area (Å²) in [6.45, 7) is 8.74. The smallest absolute Gasteiger partial charge is 0.269 e. The fourth-order valence-electron chi connectivity index (χ4n) is 5.49. The predicted octanol–water partition coefficient (Wildman–Crippen LogP) is 6.68. The number of hydrogen-bond donors (Lipinski definition) is 0. The Morgan fingerprint density at radius 3 is 2.17 bits per heavy atom. The Bertz CT molecular complexity index is 1960. The summed E-state index contributed by atoms with van der Waals surface area (Å²) in [4.78, 5) is 17.0. The van der Waals surface area contributed by atoms with Crippen LogP contribution in [-0.2, 0) is 13.1 Å². The van der Waals surface area contributed by atoms with Crippen molar-refractivity contribution in [2.75, 3.05) is 11.4 Å². The van der Waals surface area contributed by atoms with Gasteiger partial charge in [-0.2, -0.15) is 4.57 Å². The molecule has 0 saturated heterocycles. The van der Waals surface area contributed by atoms with Gasteiger partial charge in [-0.05, 0) is 62.3 Å². The highest BCUT2D eigenvalue weighted by atomic mass is 32.1. The van der Waals surface area contributed by atoms with Crippen LogP contribution in [0.1, 0.15) is 31.3 Å². The molecule has 0 unspecified atom stereocenters. The summed E-state index contributed by atoms with van der Waals surface area (Å²) in [7, 11) is 0. The summed E-state index contributed by atoms with van der Waals surface area (Å²) in [6.07, 6.45) is 10.5. The van der Waals surface area contributed by atoms with Crippen LogP contribution in [0.2, 0.25) is 0 Å². The number of nitrogens with zero attached hydrogens (tertiary/aromatic N) is 3. The van der Waals surface area contributed by atoms with E-state index in [-0.39, 0.29) is 5.56 Å². The van der Waals surface area contributed by atoms with E-state index in [1.165, 1.54) is 32.9 Å². The lowest BCUT2D eigenvalue weighted by molar-refractivity contribution is -0.679. The Labute approximate surface area is 254 Å². The van der Waals surface area contributed by atoms with Gasteiger partial charge in [-0.15, -0.1) is 11.3 Å². The largest absolute Gasteiger partial charge is 0.348 e. The first kappa shape index (κ1) is 27.9. The molecule has 0 N–H and O–H groups in total. The number of hydrogen-bond acceptors (Lipinski definition) is 4. The van der Waals surface area contributed by atoms with Crippen LogP contribution in [0, 0.1) is 0 Å². The van der Waals surface area contributed by atoms with Crippen LogP contribution in [-0.4, -0.2) is 11.1 Å². The zero-order valence-electron chi connectivity index (χ0n) is 24.2. The van der Waals surface area contributed by atoms with Crippen LogP contribution in [0.4, 0.5) is 5.69 Å². The molecule has 0 bridgehead atoms. The maximum atomic E-state index is 13.6. The second kappa shape index (κ2) is 12.3. The van der Waals surface area contributed by atoms with E-state index >= 15 is 0 Å². The van der Waals surface area contributed by atoms with Crippen molar-refractivity contribution in [1.82, 2.24) is 4.57 Å². The second-order valence-corrected chi connectivity index (χ2v) is 12.1. The molecule has 0 saturated carbocycles. The lowest BCUT2D eigenvalue weighted by Gasteiger charge is -2.26. The Morgan fingerprint density at radius 2 is 1.48 bits per heavy atom. The topological polar surface area (TPSA) is 29.1 Å². The van der Waals surface area contributed by atoms with Gasteiger partial charge in [0.05, 0.1) is 10.6 Å². The van der Waals surface area contributed by atoms with Crippen LogP contribution in [0.15, 0.2) is 108 Å². The van der Waals surface area contributed by atoms with E-state index in [0.29, 0.717) is 6.54 Å². The number of allylic oxidation sites excluding steroid dienone is 3. The molecule has 42 heavy (non-hydrogen) atoms. The molecule has 0 spiro atoms. The maximum absolute atomic E-state index is 13.6. The molecule has 4 nitrogen and oxygen atoms in total. The first-order valence-electron chi connectivity index (χ1n) is 14.5. The molecule has 6 rings (SSSR count). The summed E-state index contributed by atoms with van der Waals surface area (Å²) >= 11 is 3.34. The summed E-state index contributed by atoms with van der Waals surface area (Å²) in [5.41, 5.74) is 7.14. The van der Waals surface area contributed by atoms with Crippen molar-refractivity contribution < 1.29 is 4.57 Å².